The van der Waals surface area contributed by atoms with Crippen LogP contribution in [0.2, 0.25) is 0 Å². The number of nitrogens with two attached hydrogens (primary N) is 1. The number of sulfone groups is 1. The van der Waals surface area contributed by atoms with E-state index in [-0.39, 0.29) is 35.9 Å². The Morgan fingerprint density at radius 2 is 1.89 bits per heavy atom. The normalized spacial score (nSPS) is 28.7. The van der Waals surface area contributed by atoms with Crippen LogP contribution in [0.3, 0.4) is 0 Å². The second kappa shape index (κ2) is 5.35. The molecule has 2 N–H and O–H groups in total. The van der Waals surface area contributed by atoms with Crippen LogP contribution >= 0.6 is 12.4 Å². The lowest BCUT2D eigenvalue weighted by Gasteiger charge is -2.32. The van der Waals surface area contributed by atoms with Crippen LogP contribution in [-0.2, 0) is 14.6 Å². The third-order valence-corrected chi connectivity index (χ3v) is 5.75. The SMILES string of the molecule is CN(C(=O)C1(N)CCCC1)C1CCS(=O)(=O)C1.Cl. The molecule has 2 rings (SSSR count). The molecule has 1 aliphatic carbocycles. The van der Waals surface area contributed by atoms with E-state index in [2.05, 4.69) is 0 Å². The molecule has 1 amide bonds. The van der Waals surface area contributed by atoms with Crippen molar-refractivity contribution in [2.75, 3.05) is 18.6 Å². The van der Waals surface area contributed by atoms with Crippen LogP contribution in [0.4, 0.5) is 0 Å². The van der Waals surface area contributed by atoms with Crippen LogP contribution in [0.15, 0.2) is 0 Å². The molecule has 106 valence electrons. The number of hydrogen-bond donors (Lipinski definition) is 1. The number of rotatable bonds is 2. The van der Waals surface area contributed by atoms with Crippen LogP contribution in [0.5, 0.6) is 0 Å². The first-order valence-corrected chi connectivity index (χ1v) is 7.93. The molecule has 0 radical (unpaired) electrons. The average Bonchev–Trinajstić information content (AvgIpc) is 2.83. The number of halogens is 1. The second-order valence-electron chi connectivity index (χ2n) is 5.34. The van der Waals surface area contributed by atoms with E-state index in [0.29, 0.717) is 6.42 Å². The van der Waals surface area contributed by atoms with Gasteiger partial charge < -0.3 is 10.6 Å². The Kier molecular flexibility index (Phi) is 4.67. The Morgan fingerprint density at radius 1 is 1.33 bits per heavy atom. The van der Waals surface area contributed by atoms with Crippen molar-refractivity contribution in [3.63, 3.8) is 0 Å². The molecular weight excluding hydrogens is 276 g/mol. The Morgan fingerprint density at radius 3 is 2.33 bits per heavy atom. The summed E-state index contributed by atoms with van der Waals surface area (Å²) in [7, 11) is -1.27. The highest BCUT2D eigenvalue weighted by molar-refractivity contribution is 7.91. The number of nitrogens with zero attached hydrogens (tertiary/aromatic N) is 1. The third kappa shape index (κ3) is 2.97. The first-order chi connectivity index (χ1) is 7.84. The number of amides is 1. The summed E-state index contributed by atoms with van der Waals surface area (Å²) >= 11 is 0. The van der Waals surface area contributed by atoms with Gasteiger partial charge in [0.15, 0.2) is 9.84 Å². The van der Waals surface area contributed by atoms with E-state index in [9.17, 15) is 13.2 Å². The maximum atomic E-state index is 12.3. The Hall–Kier alpha value is -0.330. The van der Waals surface area contributed by atoms with Crippen molar-refractivity contribution in [3.8, 4) is 0 Å². The molecule has 0 aromatic carbocycles. The maximum Gasteiger partial charge on any atom is 0.242 e. The molecular formula is C11H21ClN2O3S. The molecule has 1 aliphatic heterocycles. The quantitative estimate of drug-likeness (QED) is 0.796. The second-order valence-corrected chi connectivity index (χ2v) is 7.56. The molecule has 1 heterocycles. The van der Waals surface area contributed by atoms with Gasteiger partial charge in [-0.2, -0.15) is 0 Å². The molecule has 0 aromatic heterocycles. The smallest absolute Gasteiger partial charge is 0.242 e. The zero-order chi connectivity index (χ0) is 12.7. The highest BCUT2D eigenvalue weighted by Gasteiger charge is 2.42. The Bertz CT molecular complexity index is 418. The third-order valence-electron chi connectivity index (χ3n) is 4.00. The summed E-state index contributed by atoms with van der Waals surface area (Å²) in [6, 6.07) is -0.187. The van der Waals surface area contributed by atoms with Gasteiger partial charge in [0.05, 0.1) is 17.0 Å². The van der Waals surface area contributed by atoms with Crippen molar-refractivity contribution in [1.29, 1.82) is 0 Å². The summed E-state index contributed by atoms with van der Waals surface area (Å²) in [5.74, 6) is 0.190. The van der Waals surface area contributed by atoms with Gasteiger partial charge in [-0.15, -0.1) is 12.4 Å². The molecule has 7 heteroatoms. The highest BCUT2D eigenvalue weighted by atomic mass is 35.5. The highest BCUT2D eigenvalue weighted by Crippen LogP contribution is 2.30. The maximum absolute atomic E-state index is 12.3. The van der Waals surface area contributed by atoms with E-state index < -0.39 is 15.4 Å². The lowest BCUT2D eigenvalue weighted by Crippen LogP contribution is -2.55. The molecule has 2 fully saturated rings. The number of likely N-dealkylation sites (N-methyl/N-ethyl adjacent to an activating group) is 1. The van der Waals surface area contributed by atoms with Crippen molar-refractivity contribution in [2.45, 2.75) is 43.7 Å². The Balaban J connectivity index is 0.00000162. The summed E-state index contributed by atoms with van der Waals surface area (Å²) in [5, 5.41) is 0. The van der Waals surface area contributed by atoms with Gasteiger partial charge in [-0.3, -0.25) is 4.79 Å². The molecule has 1 saturated heterocycles. The molecule has 1 unspecified atom stereocenters. The first-order valence-electron chi connectivity index (χ1n) is 6.11. The fourth-order valence-electron chi connectivity index (χ4n) is 2.82. The zero-order valence-electron chi connectivity index (χ0n) is 10.6. The van der Waals surface area contributed by atoms with Crippen LogP contribution < -0.4 is 5.73 Å². The van der Waals surface area contributed by atoms with Crippen LogP contribution in [0.25, 0.3) is 0 Å². The minimum absolute atomic E-state index is 0. The van der Waals surface area contributed by atoms with Crippen LogP contribution in [0.1, 0.15) is 32.1 Å². The minimum Gasteiger partial charge on any atom is -0.340 e. The topological polar surface area (TPSA) is 80.5 Å². The van der Waals surface area contributed by atoms with E-state index in [0.717, 1.165) is 25.7 Å². The summed E-state index contributed by atoms with van der Waals surface area (Å²) in [5.41, 5.74) is 5.35. The molecule has 0 aromatic rings. The monoisotopic (exact) mass is 296 g/mol. The average molecular weight is 297 g/mol. The number of hydrogen-bond acceptors (Lipinski definition) is 4. The van der Waals surface area contributed by atoms with E-state index in [1.165, 1.54) is 0 Å². The van der Waals surface area contributed by atoms with Gasteiger partial charge in [0.1, 0.15) is 0 Å². The summed E-state index contributed by atoms with van der Waals surface area (Å²) in [4.78, 5) is 13.8. The molecule has 0 bridgehead atoms. The molecule has 1 atom stereocenters. The van der Waals surface area contributed by atoms with Gasteiger partial charge in [0, 0.05) is 13.1 Å². The zero-order valence-corrected chi connectivity index (χ0v) is 12.2. The molecule has 0 spiro atoms. The summed E-state index contributed by atoms with van der Waals surface area (Å²) in [6.45, 7) is 0. The van der Waals surface area contributed by atoms with Crippen molar-refractivity contribution in [3.05, 3.63) is 0 Å². The Labute approximate surface area is 114 Å². The van der Waals surface area contributed by atoms with Gasteiger partial charge >= 0.3 is 0 Å². The van der Waals surface area contributed by atoms with Gasteiger partial charge in [-0.1, -0.05) is 12.8 Å². The van der Waals surface area contributed by atoms with E-state index in [1.807, 2.05) is 0 Å². The van der Waals surface area contributed by atoms with Crippen molar-refractivity contribution in [2.24, 2.45) is 5.73 Å². The molecule has 1 saturated carbocycles. The number of carbonyl (C=O) groups excluding carboxylic acids is 1. The van der Waals surface area contributed by atoms with Crippen LogP contribution in [0, 0.1) is 0 Å². The van der Waals surface area contributed by atoms with Crippen molar-refractivity contribution < 1.29 is 13.2 Å². The summed E-state index contributed by atoms with van der Waals surface area (Å²) < 4.78 is 22.8. The minimum atomic E-state index is -2.95. The first kappa shape index (κ1) is 15.7. The van der Waals surface area contributed by atoms with Gasteiger partial charge in [-0.05, 0) is 19.3 Å². The predicted molar refractivity (Wildman–Crippen MR) is 72.5 cm³/mol. The molecule has 5 nitrogen and oxygen atoms in total. The molecule has 18 heavy (non-hydrogen) atoms. The van der Waals surface area contributed by atoms with Crippen molar-refractivity contribution in [1.82, 2.24) is 4.90 Å². The predicted octanol–water partition coefficient (Wildman–Crippen LogP) is 0.325. The van der Waals surface area contributed by atoms with E-state index in [4.69, 9.17) is 5.73 Å². The van der Waals surface area contributed by atoms with Gasteiger partial charge in [-0.25, -0.2) is 8.42 Å². The lowest BCUT2D eigenvalue weighted by atomic mass is 9.96. The lowest BCUT2D eigenvalue weighted by molar-refractivity contribution is -0.137. The van der Waals surface area contributed by atoms with E-state index in [1.54, 1.807) is 11.9 Å². The van der Waals surface area contributed by atoms with Crippen LogP contribution in [-0.4, -0.2) is 49.4 Å². The fourth-order valence-corrected chi connectivity index (χ4v) is 4.59. The van der Waals surface area contributed by atoms with Gasteiger partial charge in [0.2, 0.25) is 5.91 Å². The standard InChI is InChI=1S/C11H20N2O3S.ClH/c1-13(9-4-7-17(15,16)8-9)10(14)11(12)5-2-3-6-11;/h9H,2-8,12H2,1H3;1H. The van der Waals surface area contributed by atoms with Gasteiger partial charge in [0.25, 0.3) is 0 Å². The van der Waals surface area contributed by atoms with Crippen molar-refractivity contribution >= 4 is 28.2 Å². The van der Waals surface area contributed by atoms with E-state index >= 15 is 0 Å². The molecule has 2 aliphatic rings. The summed E-state index contributed by atoms with van der Waals surface area (Å²) in [6.07, 6.45) is 3.95. The largest absolute Gasteiger partial charge is 0.340 e. The number of carbonyl (C=O) groups is 1. The fraction of sp³-hybridized carbons (Fsp3) is 0.909.